The number of rotatable bonds is 1. The number of aromatic nitrogens is 1. The van der Waals surface area contributed by atoms with Crippen molar-refractivity contribution in [2.24, 2.45) is 0 Å². The molecule has 1 aromatic carbocycles. The number of hydrogen-bond donors (Lipinski definition) is 2. The van der Waals surface area contributed by atoms with Crippen LogP contribution >= 0.6 is 0 Å². The van der Waals surface area contributed by atoms with E-state index in [2.05, 4.69) is 35.4 Å². The number of nitrogens with one attached hydrogen (secondary N) is 2. The highest BCUT2D eigenvalue weighted by atomic mass is 14.9. The molecule has 78 valence electrons. The van der Waals surface area contributed by atoms with Gasteiger partial charge in [-0.1, -0.05) is 18.2 Å². The molecule has 0 bridgehead atoms. The second-order valence-corrected chi connectivity index (χ2v) is 4.39. The molecule has 1 aliphatic rings. The Kier molecular flexibility index (Phi) is 1.86. The molecule has 2 nitrogen and oxygen atoms in total. The van der Waals surface area contributed by atoms with Crippen LogP contribution in [-0.4, -0.2) is 12.0 Å². The van der Waals surface area contributed by atoms with E-state index < -0.39 is 0 Å². The molecule has 1 atom stereocenters. The van der Waals surface area contributed by atoms with Crippen LogP contribution in [0.25, 0.3) is 10.9 Å². The van der Waals surface area contributed by atoms with E-state index in [1.54, 1.807) is 0 Å². The summed E-state index contributed by atoms with van der Waals surface area (Å²) in [5, 5.41) is 4.80. The monoisotopic (exact) mass is 200 g/mol. The molecule has 0 radical (unpaired) electrons. The zero-order valence-corrected chi connectivity index (χ0v) is 9.22. The van der Waals surface area contributed by atoms with Crippen LogP contribution in [0.2, 0.25) is 0 Å². The van der Waals surface area contributed by atoms with Crippen LogP contribution in [0.15, 0.2) is 18.2 Å². The summed E-state index contributed by atoms with van der Waals surface area (Å²) >= 11 is 0. The smallest absolute Gasteiger partial charge is 0.0489 e. The van der Waals surface area contributed by atoms with E-state index >= 15 is 0 Å². The second-order valence-electron chi connectivity index (χ2n) is 4.39. The maximum Gasteiger partial charge on any atom is 0.0489 e. The van der Waals surface area contributed by atoms with Gasteiger partial charge in [-0.3, -0.25) is 0 Å². The lowest BCUT2D eigenvalue weighted by molar-refractivity contribution is 0.592. The highest BCUT2D eigenvalue weighted by Gasteiger charge is 2.25. The lowest BCUT2D eigenvalue weighted by Crippen LogP contribution is -2.12. The third-order valence-electron chi connectivity index (χ3n) is 3.54. The van der Waals surface area contributed by atoms with Gasteiger partial charge in [-0.2, -0.15) is 0 Å². The standard InChI is InChI=1S/C13H16N2/c1-8-4-3-5-9-12-10(14-2)6-7-11(12)15-13(8)9/h3-5,10,14-15H,6-7H2,1-2H3. The molecule has 3 rings (SSSR count). The van der Waals surface area contributed by atoms with Gasteiger partial charge in [-0.05, 0) is 37.9 Å². The van der Waals surface area contributed by atoms with Crippen LogP contribution in [0.4, 0.5) is 0 Å². The van der Waals surface area contributed by atoms with Crippen LogP contribution < -0.4 is 5.32 Å². The summed E-state index contributed by atoms with van der Waals surface area (Å²) in [6.07, 6.45) is 2.40. The van der Waals surface area contributed by atoms with Crippen LogP contribution in [0.5, 0.6) is 0 Å². The van der Waals surface area contributed by atoms with E-state index in [9.17, 15) is 0 Å². The van der Waals surface area contributed by atoms with Gasteiger partial charge in [0.25, 0.3) is 0 Å². The molecule has 0 fully saturated rings. The summed E-state index contributed by atoms with van der Waals surface area (Å²) in [4.78, 5) is 3.57. The fourth-order valence-corrected chi connectivity index (χ4v) is 2.76. The molecule has 1 unspecified atom stereocenters. The highest BCUT2D eigenvalue weighted by molar-refractivity contribution is 5.88. The fraction of sp³-hybridized carbons (Fsp3) is 0.385. The number of hydrogen-bond acceptors (Lipinski definition) is 1. The minimum Gasteiger partial charge on any atom is -0.358 e. The van der Waals surface area contributed by atoms with E-state index in [0.717, 1.165) is 0 Å². The fourth-order valence-electron chi connectivity index (χ4n) is 2.76. The lowest BCUT2D eigenvalue weighted by Gasteiger charge is -2.09. The Labute approximate surface area is 89.7 Å². The van der Waals surface area contributed by atoms with Gasteiger partial charge in [-0.15, -0.1) is 0 Å². The second kappa shape index (κ2) is 3.11. The number of benzene rings is 1. The van der Waals surface area contributed by atoms with Crippen LogP contribution in [0, 0.1) is 6.92 Å². The molecule has 0 saturated heterocycles. The summed E-state index contributed by atoms with van der Waals surface area (Å²) in [5.41, 5.74) is 5.59. The number of H-pyrrole nitrogens is 1. The SMILES string of the molecule is CNC1CCc2[nH]c3c(C)cccc3c21. The van der Waals surface area contributed by atoms with Gasteiger partial charge in [0.15, 0.2) is 0 Å². The van der Waals surface area contributed by atoms with Gasteiger partial charge in [0, 0.05) is 22.6 Å². The molecule has 2 aromatic rings. The minimum atomic E-state index is 0.538. The first-order valence-electron chi connectivity index (χ1n) is 5.58. The molecular weight excluding hydrogens is 184 g/mol. The summed E-state index contributed by atoms with van der Waals surface area (Å²) < 4.78 is 0. The molecule has 2 N–H and O–H groups in total. The summed E-state index contributed by atoms with van der Waals surface area (Å²) in [7, 11) is 2.05. The number of fused-ring (bicyclic) bond motifs is 3. The third kappa shape index (κ3) is 1.15. The molecule has 1 heterocycles. The van der Waals surface area contributed by atoms with Crippen molar-refractivity contribution in [2.75, 3.05) is 7.05 Å². The number of aromatic amines is 1. The van der Waals surface area contributed by atoms with Crippen LogP contribution in [0.3, 0.4) is 0 Å². The maximum atomic E-state index is 3.57. The first-order valence-corrected chi connectivity index (χ1v) is 5.58. The van der Waals surface area contributed by atoms with Gasteiger partial charge in [0.2, 0.25) is 0 Å². The van der Waals surface area contributed by atoms with Crippen molar-refractivity contribution < 1.29 is 0 Å². The lowest BCUT2D eigenvalue weighted by atomic mass is 10.1. The summed E-state index contributed by atoms with van der Waals surface area (Å²) in [5.74, 6) is 0. The molecule has 0 amide bonds. The Hall–Kier alpha value is -1.28. The van der Waals surface area contributed by atoms with E-state index in [4.69, 9.17) is 0 Å². The molecular formula is C13H16N2. The van der Waals surface area contributed by atoms with Crippen LogP contribution in [0.1, 0.15) is 29.3 Å². The number of para-hydroxylation sites is 1. The van der Waals surface area contributed by atoms with E-state index in [1.165, 1.54) is 40.6 Å². The summed E-state index contributed by atoms with van der Waals surface area (Å²) in [6, 6.07) is 7.09. The van der Waals surface area contributed by atoms with Crippen LogP contribution in [-0.2, 0) is 6.42 Å². The Balaban J connectivity index is 2.32. The quantitative estimate of drug-likeness (QED) is 0.727. The topological polar surface area (TPSA) is 27.8 Å². The predicted octanol–water partition coefficient (Wildman–Crippen LogP) is 2.68. The van der Waals surface area contributed by atoms with E-state index in [1.807, 2.05) is 7.05 Å². The zero-order chi connectivity index (χ0) is 10.4. The Morgan fingerprint density at radius 1 is 1.40 bits per heavy atom. The zero-order valence-electron chi connectivity index (χ0n) is 9.22. The molecule has 0 aliphatic heterocycles. The van der Waals surface area contributed by atoms with Crippen molar-refractivity contribution in [3.05, 3.63) is 35.0 Å². The molecule has 1 aliphatic carbocycles. The average molecular weight is 200 g/mol. The van der Waals surface area contributed by atoms with Gasteiger partial charge < -0.3 is 10.3 Å². The van der Waals surface area contributed by atoms with Crippen molar-refractivity contribution in [3.8, 4) is 0 Å². The average Bonchev–Trinajstić information content (AvgIpc) is 2.77. The Morgan fingerprint density at radius 3 is 3.07 bits per heavy atom. The van der Waals surface area contributed by atoms with Crippen molar-refractivity contribution in [3.63, 3.8) is 0 Å². The van der Waals surface area contributed by atoms with Crippen molar-refractivity contribution in [1.82, 2.24) is 10.3 Å². The molecule has 0 spiro atoms. The normalized spacial score (nSPS) is 19.7. The van der Waals surface area contributed by atoms with Gasteiger partial charge in [-0.25, -0.2) is 0 Å². The van der Waals surface area contributed by atoms with Crippen molar-refractivity contribution in [2.45, 2.75) is 25.8 Å². The Bertz CT molecular complexity index is 510. The minimum absolute atomic E-state index is 0.538. The Morgan fingerprint density at radius 2 is 2.27 bits per heavy atom. The van der Waals surface area contributed by atoms with Gasteiger partial charge in [0.1, 0.15) is 0 Å². The first-order chi connectivity index (χ1) is 7.31. The van der Waals surface area contributed by atoms with E-state index in [0.29, 0.717) is 6.04 Å². The molecule has 1 aromatic heterocycles. The van der Waals surface area contributed by atoms with Crippen molar-refractivity contribution >= 4 is 10.9 Å². The van der Waals surface area contributed by atoms with Gasteiger partial charge in [0.05, 0.1) is 0 Å². The number of aryl methyl sites for hydroxylation is 2. The van der Waals surface area contributed by atoms with E-state index in [-0.39, 0.29) is 0 Å². The first kappa shape index (κ1) is 8.98. The third-order valence-corrected chi connectivity index (χ3v) is 3.54. The maximum absolute atomic E-state index is 3.57. The van der Waals surface area contributed by atoms with Gasteiger partial charge >= 0.3 is 0 Å². The van der Waals surface area contributed by atoms with Crippen molar-refractivity contribution in [1.29, 1.82) is 0 Å². The predicted molar refractivity (Wildman–Crippen MR) is 63.2 cm³/mol. The summed E-state index contributed by atoms with van der Waals surface area (Å²) in [6.45, 7) is 2.17. The largest absolute Gasteiger partial charge is 0.358 e. The molecule has 2 heteroatoms. The highest BCUT2D eigenvalue weighted by Crippen LogP contribution is 2.37. The molecule has 0 saturated carbocycles. The molecule has 15 heavy (non-hydrogen) atoms.